The lowest BCUT2D eigenvalue weighted by Crippen LogP contribution is -2.48. The summed E-state index contributed by atoms with van der Waals surface area (Å²) in [6, 6.07) is 22.0. The molecule has 1 aliphatic carbocycles. The first kappa shape index (κ1) is 24.1. The van der Waals surface area contributed by atoms with Gasteiger partial charge >= 0.3 is 0 Å². The number of benzene rings is 3. The van der Waals surface area contributed by atoms with E-state index in [0.717, 1.165) is 11.3 Å². The van der Waals surface area contributed by atoms with Crippen molar-refractivity contribution in [2.24, 2.45) is 5.41 Å². The maximum Gasteiger partial charge on any atom is 0.195 e. The SMILES string of the molecule is COc1cccc([C@@H]2[C@@H](C(=O)c3cccs3)N3c4ccc(Cl)cc4C=C[C@@H]3C23C(=O)c2ccccc2C3=O)c1. The Kier molecular flexibility index (Phi) is 5.41. The Morgan fingerprint density at radius 1 is 0.949 bits per heavy atom. The van der Waals surface area contributed by atoms with Crippen LogP contribution in [0.1, 0.15) is 47.4 Å². The molecule has 3 heterocycles. The summed E-state index contributed by atoms with van der Waals surface area (Å²) >= 11 is 7.70. The number of carbonyl (C=O) groups excluding carboxylic acids is 3. The van der Waals surface area contributed by atoms with Gasteiger partial charge in [0.2, 0.25) is 0 Å². The van der Waals surface area contributed by atoms with Gasteiger partial charge in [-0.1, -0.05) is 66.2 Å². The van der Waals surface area contributed by atoms with Gasteiger partial charge < -0.3 is 9.64 Å². The molecule has 0 N–H and O–H groups in total. The topological polar surface area (TPSA) is 63.7 Å². The zero-order chi connectivity index (χ0) is 26.9. The first-order valence-electron chi connectivity index (χ1n) is 12.6. The van der Waals surface area contributed by atoms with Gasteiger partial charge in [0.05, 0.1) is 18.0 Å². The average molecular weight is 552 g/mol. The van der Waals surface area contributed by atoms with Crippen molar-refractivity contribution in [3.05, 3.63) is 122 Å². The van der Waals surface area contributed by atoms with Crippen LogP contribution < -0.4 is 9.64 Å². The molecule has 0 saturated carbocycles. The van der Waals surface area contributed by atoms with Crippen LogP contribution in [0.3, 0.4) is 0 Å². The molecule has 1 aromatic heterocycles. The van der Waals surface area contributed by atoms with Crippen LogP contribution in [-0.4, -0.2) is 36.5 Å². The van der Waals surface area contributed by atoms with E-state index in [1.807, 2.05) is 64.9 Å². The van der Waals surface area contributed by atoms with Crippen LogP contribution in [0.25, 0.3) is 6.08 Å². The number of halogens is 1. The number of thiophene rings is 1. The van der Waals surface area contributed by atoms with Crippen molar-refractivity contribution in [2.45, 2.75) is 18.0 Å². The predicted molar refractivity (Wildman–Crippen MR) is 152 cm³/mol. The highest BCUT2D eigenvalue weighted by molar-refractivity contribution is 7.12. The summed E-state index contributed by atoms with van der Waals surface area (Å²) in [6.45, 7) is 0. The summed E-state index contributed by atoms with van der Waals surface area (Å²) in [7, 11) is 1.57. The maximum atomic E-state index is 14.6. The predicted octanol–water partition coefficient (Wildman–Crippen LogP) is 6.73. The molecule has 5 nitrogen and oxygen atoms in total. The van der Waals surface area contributed by atoms with Crippen LogP contribution >= 0.6 is 22.9 Å². The number of carbonyl (C=O) groups is 3. The van der Waals surface area contributed by atoms with Gasteiger partial charge in [-0.2, -0.15) is 0 Å². The highest BCUT2D eigenvalue weighted by atomic mass is 35.5. The monoisotopic (exact) mass is 551 g/mol. The number of methoxy groups -OCH3 is 1. The fourth-order valence-electron chi connectivity index (χ4n) is 6.72. The van der Waals surface area contributed by atoms with Crippen LogP contribution in [0, 0.1) is 5.41 Å². The number of rotatable bonds is 4. The molecule has 0 bridgehead atoms. The summed E-state index contributed by atoms with van der Waals surface area (Å²) in [5.74, 6) is -0.824. The Morgan fingerprint density at radius 2 is 1.72 bits per heavy atom. The highest BCUT2D eigenvalue weighted by Gasteiger charge is 2.71. The molecule has 7 heteroatoms. The van der Waals surface area contributed by atoms with E-state index in [4.69, 9.17) is 16.3 Å². The molecule has 3 aliphatic rings. The van der Waals surface area contributed by atoms with E-state index >= 15 is 0 Å². The quantitative estimate of drug-likeness (QED) is 0.208. The molecule has 1 saturated heterocycles. The van der Waals surface area contributed by atoms with Crippen molar-refractivity contribution < 1.29 is 19.1 Å². The number of anilines is 1. The molecule has 192 valence electrons. The van der Waals surface area contributed by atoms with Crippen LogP contribution in [0.15, 0.2) is 90.3 Å². The van der Waals surface area contributed by atoms with Crippen molar-refractivity contribution in [3.63, 3.8) is 0 Å². The molecule has 1 fully saturated rings. The van der Waals surface area contributed by atoms with Gasteiger partial charge in [0, 0.05) is 27.8 Å². The van der Waals surface area contributed by atoms with Crippen molar-refractivity contribution in [2.75, 3.05) is 12.0 Å². The van der Waals surface area contributed by atoms with E-state index in [-0.39, 0.29) is 17.3 Å². The lowest BCUT2D eigenvalue weighted by molar-refractivity contribution is 0.0666. The molecule has 0 radical (unpaired) electrons. The molecule has 0 amide bonds. The van der Waals surface area contributed by atoms with Gasteiger partial charge in [-0.25, -0.2) is 0 Å². The minimum absolute atomic E-state index is 0.132. The number of ether oxygens (including phenoxy) is 1. The number of hydrogen-bond donors (Lipinski definition) is 0. The van der Waals surface area contributed by atoms with E-state index in [9.17, 15) is 14.4 Å². The smallest absolute Gasteiger partial charge is 0.195 e. The first-order chi connectivity index (χ1) is 19.0. The number of nitrogens with zero attached hydrogens (tertiary/aromatic N) is 1. The Labute approximate surface area is 234 Å². The second-order valence-corrected chi connectivity index (χ2v) is 11.4. The number of fused-ring (bicyclic) bond motifs is 5. The fourth-order valence-corrected chi connectivity index (χ4v) is 7.60. The Balaban J connectivity index is 1.56. The summed E-state index contributed by atoms with van der Waals surface area (Å²) in [5, 5.41) is 2.43. The first-order valence-corrected chi connectivity index (χ1v) is 13.9. The van der Waals surface area contributed by atoms with Crippen molar-refractivity contribution in [1.29, 1.82) is 0 Å². The fraction of sp³-hybridized carbons (Fsp3) is 0.156. The molecule has 3 atom stereocenters. The summed E-state index contributed by atoms with van der Waals surface area (Å²) in [4.78, 5) is 46.2. The van der Waals surface area contributed by atoms with E-state index in [1.165, 1.54) is 11.3 Å². The zero-order valence-electron chi connectivity index (χ0n) is 20.8. The number of Topliss-reactive ketones (excluding diaryl/α,β-unsaturated/α-hetero) is 3. The average Bonchev–Trinajstić information content (AvgIpc) is 3.66. The molecule has 39 heavy (non-hydrogen) atoms. The van der Waals surface area contributed by atoms with Crippen molar-refractivity contribution in [3.8, 4) is 5.75 Å². The standard InChI is InChI=1S/C32H22ClNO4S/c1-38-21-7-4-6-19(17-21)27-28(29(35)25-10-5-15-39-25)34-24-13-12-20(33)16-18(24)11-14-26(34)32(27)30(36)22-8-2-3-9-23(22)31(32)37/h2-17,26-28H,1H3/t26-,27-,28+/m1/s1. The van der Waals surface area contributed by atoms with E-state index < -0.39 is 23.4 Å². The van der Waals surface area contributed by atoms with E-state index in [2.05, 4.69) is 0 Å². The second kappa shape index (κ2) is 8.76. The molecule has 2 aliphatic heterocycles. The van der Waals surface area contributed by atoms with Gasteiger partial charge in [-0.3, -0.25) is 14.4 Å². The van der Waals surface area contributed by atoms with Crippen LogP contribution in [0.4, 0.5) is 5.69 Å². The number of ketones is 3. The second-order valence-electron chi connectivity index (χ2n) is 10.0. The van der Waals surface area contributed by atoms with Crippen LogP contribution in [0.2, 0.25) is 5.02 Å². The molecule has 1 spiro atoms. The Bertz CT molecular complexity index is 1670. The van der Waals surface area contributed by atoms with Gasteiger partial charge in [0.1, 0.15) is 17.2 Å². The minimum atomic E-state index is -1.54. The molecule has 3 aromatic carbocycles. The minimum Gasteiger partial charge on any atom is -0.497 e. The lowest BCUT2D eigenvalue weighted by atomic mass is 9.64. The van der Waals surface area contributed by atoms with Gasteiger partial charge in [0.25, 0.3) is 0 Å². The normalized spacial score (nSPS) is 22.1. The maximum absolute atomic E-state index is 14.6. The van der Waals surface area contributed by atoms with Crippen molar-refractivity contribution in [1.82, 2.24) is 0 Å². The van der Waals surface area contributed by atoms with Crippen LogP contribution in [0.5, 0.6) is 5.75 Å². The van der Waals surface area contributed by atoms with Gasteiger partial charge in [-0.05, 0) is 52.9 Å². The molecule has 7 rings (SSSR count). The third-order valence-electron chi connectivity index (χ3n) is 8.25. The van der Waals surface area contributed by atoms with Crippen molar-refractivity contribution >= 4 is 52.1 Å². The molecule has 4 aromatic rings. The van der Waals surface area contributed by atoms with Gasteiger partial charge in [-0.15, -0.1) is 11.3 Å². The Hall–Kier alpha value is -4.00. The summed E-state index contributed by atoms with van der Waals surface area (Å²) in [6.07, 6.45) is 3.81. The third kappa shape index (κ3) is 3.22. The van der Waals surface area contributed by atoms with E-state index in [0.29, 0.717) is 32.3 Å². The lowest BCUT2D eigenvalue weighted by Gasteiger charge is -2.37. The largest absolute Gasteiger partial charge is 0.497 e. The summed E-state index contributed by atoms with van der Waals surface area (Å²) < 4.78 is 5.54. The zero-order valence-corrected chi connectivity index (χ0v) is 22.4. The molecular formula is C32H22ClNO4S. The van der Waals surface area contributed by atoms with Gasteiger partial charge in [0.15, 0.2) is 17.3 Å². The van der Waals surface area contributed by atoms with Crippen LogP contribution in [-0.2, 0) is 0 Å². The summed E-state index contributed by atoms with van der Waals surface area (Å²) in [5.41, 5.74) is 1.56. The molecular weight excluding hydrogens is 530 g/mol. The van der Waals surface area contributed by atoms with E-state index in [1.54, 1.807) is 43.5 Å². The third-order valence-corrected chi connectivity index (χ3v) is 9.37. The Morgan fingerprint density at radius 3 is 2.41 bits per heavy atom. The molecule has 0 unspecified atom stereocenters. The highest BCUT2D eigenvalue weighted by Crippen LogP contribution is 2.61. The number of hydrogen-bond acceptors (Lipinski definition) is 6.